The van der Waals surface area contributed by atoms with Gasteiger partial charge < -0.3 is 14.6 Å². The van der Waals surface area contributed by atoms with Crippen molar-refractivity contribution in [3.63, 3.8) is 0 Å². The minimum Gasteiger partial charge on any atom is -0.497 e. The summed E-state index contributed by atoms with van der Waals surface area (Å²) in [7, 11) is 1.62. The van der Waals surface area contributed by atoms with Crippen LogP contribution in [0.5, 0.6) is 11.5 Å². The van der Waals surface area contributed by atoms with Gasteiger partial charge >= 0.3 is 0 Å². The van der Waals surface area contributed by atoms with Crippen molar-refractivity contribution in [2.24, 2.45) is 0 Å². The molecule has 1 N–H and O–H groups in total. The molecule has 0 aliphatic heterocycles. The number of methoxy groups -OCH3 is 1. The number of hydrogen-bond acceptors (Lipinski definition) is 5. The molecule has 0 saturated heterocycles. The number of nitrogens with zero attached hydrogens (tertiary/aromatic N) is 3. The highest BCUT2D eigenvalue weighted by Gasteiger charge is 2.16. The highest BCUT2D eigenvalue weighted by Crippen LogP contribution is 2.28. The quantitative estimate of drug-likeness (QED) is 0.755. The van der Waals surface area contributed by atoms with E-state index in [1.165, 1.54) is 0 Å². The summed E-state index contributed by atoms with van der Waals surface area (Å²) in [6, 6.07) is 15.2. The van der Waals surface area contributed by atoms with E-state index in [0.29, 0.717) is 12.3 Å². The molecule has 1 heterocycles. The summed E-state index contributed by atoms with van der Waals surface area (Å²) in [5, 5.41) is 17.9. The highest BCUT2D eigenvalue weighted by molar-refractivity contribution is 5.66. The summed E-state index contributed by atoms with van der Waals surface area (Å²) < 4.78 is 12.5. The minimum absolute atomic E-state index is 0.191. The molecule has 3 aromatic rings. The summed E-state index contributed by atoms with van der Waals surface area (Å²) in [5.74, 6) is 1.53. The molecule has 0 fully saturated rings. The molecule has 124 valence electrons. The molecule has 0 bridgehead atoms. The summed E-state index contributed by atoms with van der Waals surface area (Å²) in [4.78, 5) is 0. The average molecular weight is 325 g/mol. The van der Waals surface area contributed by atoms with Gasteiger partial charge in [0.2, 0.25) is 0 Å². The first-order valence-corrected chi connectivity index (χ1v) is 7.70. The molecule has 0 atom stereocenters. The molecule has 0 unspecified atom stereocenters. The first-order valence-electron chi connectivity index (χ1n) is 7.70. The van der Waals surface area contributed by atoms with Crippen molar-refractivity contribution in [3.8, 4) is 28.4 Å². The summed E-state index contributed by atoms with van der Waals surface area (Å²) in [6.07, 6.45) is 0. The molecular weight excluding hydrogens is 306 g/mol. The maximum Gasteiger partial charge on any atom is 0.119 e. The Hall–Kier alpha value is -2.86. The Morgan fingerprint density at radius 3 is 2.54 bits per heavy atom. The number of aliphatic hydroxyl groups is 1. The third-order valence-corrected chi connectivity index (χ3v) is 3.63. The molecule has 0 aliphatic carbocycles. The van der Waals surface area contributed by atoms with Gasteiger partial charge in [-0.05, 0) is 43.3 Å². The van der Waals surface area contributed by atoms with Gasteiger partial charge in [0, 0.05) is 5.56 Å². The van der Waals surface area contributed by atoms with Crippen molar-refractivity contribution < 1.29 is 14.6 Å². The summed E-state index contributed by atoms with van der Waals surface area (Å²) >= 11 is 0. The Kier molecular flexibility index (Phi) is 4.77. The van der Waals surface area contributed by atoms with E-state index in [4.69, 9.17) is 9.47 Å². The highest BCUT2D eigenvalue weighted by atomic mass is 16.5. The lowest BCUT2D eigenvalue weighted by Gasteiger charge is -2.10. The van der Waals surface area contributed by atoms with E-state index >= 15 is 0 Å². The normalized spacial score (nSPS) is 10.6. The van der Waals surface area contributed by atoms with Crippen LogP contribution in [-0.4, -0.2) is 33.8 Å². The zero-order valence-electron chi connectivity index (χ0n) is 13.6. The molecule has 1 aromatic heterocycles. The van der Waals surface area contributed by atoms with E-state index in [0.717, 1.165) is 28.4 Å². The van der Waals surface area contributed by atoms with Crippen LogP contribution in [0.25, 0.3) is 16.9 Å². The van der Waals surface area contributed by atoms with Crippen LogP contribution in [0.4, 0.5) is 0 Å². The van der Waals surface area contributed by atoms with E-state index in [-0.39, 0.29) is 6.61 Å². The zero-order valence-corrected chi connectivity index (χ0v) is 13.6. The van der Waals surface area contributed by atoms with Crippen LogP contribution in [0.1, 0.15) is 12.6 Å². The predicted molar refractivity (Wildman–Crippen MR) is 90.4 cm³/mol. The Morgan fingerprint density at radius 2 is 1.88 bits per heavy atom. The third kappa shape index (κ3) is 3.09. The minimum atomic E-state index is -0.191. The predicted octanol–water partition coefficient (Wildman–Crippen LogP) is 2.83. The number of benzene rings is 2. The Morgan fingerprint density at radius 1 is 1.08 bits per heavy atom. The molecule has 0 saturated carbocycles. The van der Waals surface area contributed by atoms with Crippen LogP contribution in [0.2, 0.25) is 0 Å². The second kappa shape index (κ2) is 7.14. The van der Waals surface area contributed by atoms with Crippen LogP contribution in [0, 0.1) is 0 Å². The van der Waals surface area contributed by atoms with Gasteiger partial charge in [-0.15, -0.1) is 5.10 Å². The van der Waals surface area contributed by atoms with Gasteiger partial charge in [0.05, 0.1) is 26.0 Å². The molecule has 2 aromatic carbocycles. The smallest absolute Gasteiger partial charge is 0.119 e. The molecule has 3 rings (SSSR count). The molecule has 6 nitrogen and oxygen atoms in total. The number of rotatable bonds is 6. The van der Waals surface area contributed by atoms with Crippen molar-refractivity contribution in [2.45, 2.75) is 13.5 Å². The van der Waals surface area contributed by atoms with Gasteiger partial charge in [0.15, 0.2) is 0 Å². The SMILES string of the molecule is CCOc1ccc(-n2nnc(CO)c2-c2cccc(OC)c2)cc1. The molecule has 0 aliphatic rings. The van der Waals surface area contributed by atoms with Gasteiger partial charge in [-0.1, -0.05) is 17.3 Å². The van der Waals surface area contributed by atoms with Crippen LogP contribution in [-0.2, 0) is 6.61 Å². The maximum absolute atomic E-state index is 9.61. The molecule has 6 heteroatoms. The lowest BCUT2D eigenvalue weighted by molar-refractivity contribution is 0.277. The van der Waals surface area contributed by atoms with E-state index < -0.39 is 0 Å². The van der Waals surface area contributed by atoms with E-state index in [1.807, 2.05) is 55.5 Å². The van der Waals surface area contributed by atoms with E-state index in [9.17, 15) is 5.11 Å². The number of hydrogen-bond donors (Lipinski definition) is 1. The Balaban J connectivity index is 2.07. The van der Waals surface area contributed by atoms with Crippen molar-refractivity contribution >= 4 is 0 Å². The largest absolute Gasteiger partial charge is 0.497 e. The Bertz CT molecular complexity index is 813. The topological polar surface area (TPSA) is 69.4 Å². The summed E-state index contributed by atoms with van der Waals surface area (Å²) in [5.41, 5.74) is 2.96. The molecular formula is C18H19N3O3. The van der Waals surface area contributed by atoms with Crippen molar-refractivity contribution in [2.75, 3.05) is 13.7 Å². The molecule has 0 radical (unpaired) electrons. The van der Waals surface area contributed by atoms with Gasteiger partial charge in [-0.25, -0.2) is 4.68 Å². The zero-order chi connectivity index (χ0) is 16.9. The Labute approximate surface area is 140 Å². The average Bonchev–Trinajstić information content (AvgIpc) is 3.07. The van der Waals surface area contributed by atoms with Crippen LogP contribution < -0.4 is 9.47 Å². The fourth-order valence-electron chi connectivity index (χ4n) is 2.51. The molecule has 0 spiro atoms. The number of ether oxygens (including phenoxy) is 2. The monoisotopic (exact) mass is 325 g/mol. The lowest BCUT2D eigenvalue weighted by Crippen LogP contribution is -2.01. The third-order valence-electron chi connectivity index (χ3n) is 3.63. The fraction of sp³-hybridized carbons (Fsp3) is 0.222. The maximum atomic E-state index is 9.61. The second-order valence-electron chi connectivity index (χ2n) is 5.11. The lowest BCUT2D eigenvalue weighted by atomic mass is 10.1. The van der Waals surface area contributed by atoms with E-state index in [1.54, 1.807) is 11.8 Å². The van der Waals surface area contributed by atoms with Gasteiger partial charge in [-0.2, -0.15) is 0 Å². The van der Waals surface area contributed by atoms with Gasteiger partial charge in [0.1, 0.15) is 22.9 Å². The first kappa shape index (κ1) is 16.0. The van der Waals surface area contributed by atoms with Crippen molar-refractivity contribution in [1.29, 1.82) is 0 Å². The number of aromatic nitrogens is 3. The fourth-order valence-corrected chi connectivity index (χ4v) is 2.51. The molecule has 0 amide bonds. The van der Waals surface area contributed by atoms with Gasteiger partial charge in [-0.3, -0.25) is 0 Å². The van der Waals surface area contributed by atoms with Crippen LogP contribution in [0.15, 0.2) is 48.5 Å². The number of aliphatic hydroxyl groups excluding tert-OH is 1. The van der Waals surface area contributed by atoms with Crippen molar-refractivity contribution in [3.05, 3.63) is 54.2 Å². The second-order valence-corrected chi connectivity index (χ2v) is 5.11. The van der Waals surface area contributed by atoms with Crippen molar-refractivity contribution in [1.82, 2.24) is 15.0 Å². The molecule has 24 heavy (non-hydrogen) atoms. The van der Waals surface area contributed by atoms with Crippen LogP contribution >= 0.6 is 0 Å². The standard InChI is InChI=1S/C18H19N3O3/c1-3-24-15-9-7-14(8-10-15)21-18(17(12-22)19-20-21)13-5-4-6-16(11-13)23-2/h4-11,22H,3,12H2,1-2H3. The summed E-state index contributed by atoms with van der Waals surface area (Å²) in [6.45, 7) is 2.37. The van der Waals surface area contributed by atoms with E-state index in [2.05, 4.69) is 10.3 Å². The first-order chi connectivity index (χ1) is 11.8. The van der Waals surface area contributed by atoms with Crippen LogP contribution in [0.3, 0.4) is 0 Å². The van der Waals surface area contributed by atoms with Gasteiger partial charge in [0.25, 0.3) is 0 Å².